The minimum Gasteiger partial charge on any atom is -0.478 e. The number of carboxylic acid groups (broad SMARTS) is 2. The molecular formula is C11H14O5. The fourth-order valence-corrected chi connectivity index (χ4v) is 1.23. The van der Waals surface area contributed by atoms with E-state index in [9.17, 15) is 14.4 Å². The highest BCUT2D eigenvalue weighted by atomic mass is 16.4. The van der Waals surface area contributed by atoms with Crippen LogP contribution in [0.1, 0.15) is 19.8 Å². The van der Waals surface area contributed by atoms with Crippen molar-refractivity contribution >= 4 is 17.7 Å². The van der Waals surface area contributed by atoms with E-state index in [1.165, 1.54) is 0 Å². The zero-order chi connectivity index (χ0) is 12.7. The lowest BCUT2D eigenvalue weighted by Gasteiger charge is -2.09. The maximum Gasteiger partial charge on any atom is 0.331 e. The van der Waals surface area contributed by atoms with Crippen LogP contribution in [-0.2, 0) is 14.4 Å². The van der Waals surface area contributed by atoms with Gasteiger partial charge in [-0.3, -0.25) is 4.79 Å². The molecule has 5 heteroatoms. The molecule has 0 spiro atoms. The first kappa shape index (κ1) is 14.1. The van der Waals surface area contributed by atoms with Gasteiger partial charge in [0, 0.05) is 18.1 Å². The van der Waals surface area contributed by atoms with Gasteiger partial charge in [-0.15, -0.1) is 0 Å². The number of allylic oxidation sites excluding steroid dienone is 1. The lowest BCUT2D eigenvalue weighted by Crippen LogP contribution is -2.10. The maximum absolute atomic E-state index is 11.0. The Labute approximate surface area is 93.1 Å². The molecule has 0 saturated carbocycles. The first-order valence-corrected chi connectivity index (χ1v) is 4.68. The van der Waals surface area contributed by atoms with Gasteiger partial charge in [0.25, 0.3) is 0 Å². The largest absolute Gasteiger partial charge is 0.478 e. The van der Waals surface area contributed by atoms with Crippen molar-refractivity contribution in [3.05, 3.63) is 24.3 Å². The van der Waals surface area contributed by atoms with Gasteiger partial charge < -0.3 is 10.2 Å². The molecule has 0 aromatic rings. The van der Waals surface area contributed by atoms with E-state index in [0.29, 0.717) is 6.08 Å². The van der Waals surface area contributed by atoms with Crippen LogP contribution in [-0.4, -0.2) is 27.9 Å². The van der Waals surface area contributed by atoms with E-state index in [1.807, 2.05) is 0 Å². The van der Waals surface area contributed by atoms with Crippen LogP contribution in [0.2, 0.25) is 0 Å². The fraction of sp³-hybridized carbons (Fsp3) is 0.364. The van der Waals surface area contributed by atoms with E-state index in [-0.39, 0.29) is 30.1 Å². The highest BCUT2D eigenvalue weighted by Gasteiger charge is 2.15. The molecule has 16 heavy (non-hydrogen) atoms. The van der Waals surface area contributed by atoms with Gasteiger partial charge in [0.2, 0.25) is 0 Å². The standard InChI is InChI=1S/C11H14O5/c1-3-9(12)5-7(2)4-8(11(15)16)6-10(13)14/h3,6-7H,1,4-5H2,2H3,(H,13,14)(H,15,16)/b8-6-. The Morgan fingerprint density at radius 1 is 1.25 bits per heavy atom. The average Bonchev–Trinajstić information content (AvgIpc) is 2.15. The van der Waals surface area contributed by atoms with Crippen molar-refractivity contribution in [3.8, 4) is 0 Å². The van der Waals surface area contributed by atoms with Crippen molar-refractivity contribution in [2.45, 2.75) is 19.8 Å². The molecule has 0 saturated heterocycles. The fourth-order valence-electron chi connectivity index (χ4n) is 1.23. The summed E-state index contributed by atoms with van der Waals surface area (Å²) in [6.07, 6.45) is 2.02. The van der Waals surface area contributed by atoms with Crippen LogP contribution in [0.4, 0.5) is 0 Å². The van der Waals surface area contributed by atoms with Gasteiger partial charge in [-0.2, -0.15) is 0 Å². The molecule has 0 heterocycles. The summed E-state index contributed by atoms with van der Waals surface area (Å²) >= 11 is 0. The van der Waals surface area contributed by atoms with Gasteiger partial charge in [-0.05, 0) is 18.4 Å². The van der Waals surface area contributed by atoms with E-state index in [4.69, 9.17) is 10.2 Å². The third kappa shape index (κ3) is 5.74. The van der Waals surface area contributed by atoms with E-state index in [0.717, 1.165) is 6.08 Å². The van der Waals surface area contributed by atoms with Crippen LogP contribution in [0.3, 0.4) is 0 Å². The Morgan fingerprint density at radius 2 is 1.81 bits per heavy atom. The Morgan fingerprint density at radius 3 is 2.19 bits per heavy atom. The zero-order valence-corrected chi connectivity index (χ0v) is 8.97. The molecule has 0 bridgehead atoms. The van der Waals surface area contributed by atoms with Gasteiger partial charge in [-0.1, -0.05) is 13.5 Å². The topological polar surface area (TPSA) is 91.7 Å². The normalized spacial score (nSPS) is 12.9. The van der Waals surface area contributed by atoms with Crippen LogP contribution in [0.5, 0.6) is 0 Å². The van der Waals surface area contributed by atoms with Crippen molar-refractivity contribution in [2.75, 3.05) is 0 Å². The summed E-state index contributed by atoms with van der Waals surface area (Å²) in [5.74, 6) is -3.00. The highest BCUT2D eigenvalue weighted by Crippen LogP contribution is 2.15. The molecule has 0 aliphatic carbocycles. The van der Waals surface area contributed by atoms with Crippen molar-refractivity contribution < 1.29 is 24.6 Å². The number of rotatable bonds is 7. The van der Waals surface area contributed by atoms with Crippen LogP contribution in [0.15, 0.2) is 24.3 Å². The molecule has 0 amide bonds. The predicted molar refractivity (Wildman–Crippen MR) is 57.0 cm³/mol. The SMILES string of the molecule is C=CC(=O)CC(C)C/C(=C/C(=O)O)C(=O)O. The Hall–Kier alpha value is -1.91. The predicted octanol–water partition coefficient (Wildman–Crippen LogP) is 1.25. The quantitative estimate of drug-likeness (QED) is 0.637. The third-order valence-corrected chi connectivity index (χ3v) is 1.92. The number of ketones is 1. The summed E-state index contributed by atoms with van der Waals surface area (Å²) in [4.78, 5) is 32.0. The number of carboxylic acids is 2. The Bertz CT molecular complexity index is 340. The molecule has 0 aliphatic rings. The van der Waals surface area contributed by atoms with Crippen molar-refractivity contribution in [1.82, 2.24) is 0 Å². The molecule has 0 aliphatic heterocycles. The first-order chi connectivity index (χ1) is 7.36. The molecule has 88 valence electrons. The second kappa shape index (κ2) is 6.55. The van der Waals surface area contributed by atoms with E-state index in [2.05, 4.69) is 6.58 Å². The van der Waals surface area contributed by atoms with E-state index < -0.39 is 11.9 Å². The monoisotopic (exact) mass is 226 g/mol. The van der Waals surface area contributed by atoms with Crippen LogP contribution in [0.25, 0.3) is 0 Å². The lowest BCUT2D eigenvalue weighted by atomic mass is 9.96. The van der Waals surface area contributed by atoms with E-state index >= 15 is 0 Å². The molecule has 5 nitrogen and oxygen atoms in total. The second-order valence-corrected chi connectivity index (χ2v) is 3.50. The van der Waals surface area contributed by atoms with Crippen molar-refractivity contribution in [2.24, 2.45) is 5.92 Å². The summed E-state index contributed by atoms with van der Waals surface area (Å²) in [7, 11) is 0. The van der Waals surface area contributed by atoms with Crippen LogP contribution in [0, 0.1) is 5.92 Å². The summed E-state index contributed by atoms with van der Waals surface area (Å²) in [6.45, 7) is 4.98. The minimum atomic E-state index is -1.31. The Balaban J connectivity index is 4.53. The summed E-state index contributed by atoms with van der Waals surface area (Å²) in [6, 6.07) is 0. The summed E-state index contributed by atoms with van der Waals surface area (Å²) < 4.78 is 0. The van der Waals surface area contributed by atoms with Crippen LogP contribution < -0.4 is 0 Å². The molecule has 0 aromatic heterocycles. The lowest BCUT2D eigenvalue weighted by molar-refractivity contribution is -0.135. The van der Waals surface area contributed by atoms with Crippen molar-refractivity contribution in [1.29, 1.82) is 0 Å². The van der Waals surface area contributed by atoms with E-state index in [1.54, 1.807) is 6.92 Å². The molecule has 0 radical (unpaired) electrons. The third-order valence-electron chi connectivity index (χ3n) is 1.92. The minimum absolute atomic E-state index is 0.0429. The Kier molecular flexibility index (Phi) is 5.77. The summed E-state index contributed by atoms with van der Waals surface area (Å²) in [5.41, 5.74) is -0.211. The number of hydrogen-bond donors (Lipinski definition) is 2. The highest BCUT2D eigenvalue weighted by molar-refractivity contribution is 5.94. The van der Waals surface area contributed by atoms with Gasteiger partial charge in [0.15, 0.2) is 5.78 Å². The molecule has 0 rings (SSSR count). The van der Waals surface area contributed by atoms with Gasteiger partial charge in [0.05, 0.1) is 0 Å². The van der Waals surface area contributed by atoms with Gasteiger partial charge >= 0.3 is 11.9 Å². The second-order valence-electron chi connectivity index (χ2n) is 3.50. The average molecular weight is 226 g/mol. The number of carbonyl (C=O) groups is 3. The van der Waals surface area contributed by atoms with Gasteiger partial charge in [0.1, 0.15) is 0 Å². The summed E-state index contributed by atoms with van der Waals surface area (Å²) in [5, 5.41) is 17.2. The van der Waals surface area contributed by atoms with Crippen LogP contribution >= 0.6 is 0 Å². The first-order valence-electron chi connectivity index (χ1n) is 4.68. The molecular weight excluding hydrogens is 212 g/mol. The molecule has 0 fully saturated rings. The molecule has 0 aromatic carbocycles. The number of hydrogen-bond acceptors (Lipinski definition) is 3. The zero-order valence-electron chi connectivity index (χ0n) is 8.97. The smallest absolute Gasteiger partial charge is 0.331 e. The van der Waals surface area contributed by atoms with Crippen molar-refractivity contribution in [3.63, 3.8) is 0 Å². The number of aliphatic carboxylic acids is 2. The molecule has 1 atom stereocenters. The molecule has 1 unspecified atom stereocenters. The van der Waals surface area contributed by atoms with Gasteiger partial charge in [-0.25, -0.2) is 9.59 Å². The number of carbonyl (C=O) groups excluding carboxylic acids is 1. The molecule has 2 N–H and O–H groups in total. The maximum atomic E-state index is 11.0.